The highest BCUT2D eigenvalue weighted by Gasteiger charge is 2.23. The van der Waals surface area contributed by atoms with E-state index in [1.807, 2.05) is 44.2 Å². The summed E-state index contributed by atoms with van der Waals surface area (Å²) in [5.74, 6) is 0.703. The van der Waals surface area contributed by atoms with Crippen molar-refractivity contribution < 1.29 is 0 Å². The van der Waals surface area contributed by atoms with E-state index in [1.165, 1.54) is 0 Å². The molecule has 0 spiro atoms. The van der Waals surface area contributed by atoms with E-state index in [9.17, 15) is 0 Å². The van der Waals surface area contributed by atoms with Gasteiger partial charge in [0.1, 0.15) is 11.2 Å². The molecular weight excluding hydrogens is 198 g/mol. The van der Waals surface area contributed by atoms with Gasteiger partial charge in [-0.3, -0.25) is 0 Å². The topological polar surface area (TPSA) is 52.5 Å². The molecule has 1 heterocycles. The fraction of sp³-hybridized carbons (Fsp3) is 0.231. The Balaban J connectivity index is 2.39. The quantitative estimate of drug-likeness (QED) is 0.830. The number of nitrogens with one attached hydrogen (secondary N) is 1. The first kappa shape index (κ1) is 10.4. The number of H-pyrrole nitrogens is 1. The lowest BCUT2D eigenvalue weighted by atomic mass is 9.95. The molecule has 0 aliphatic heterocycles. The molecule has 1 N–H and O–H groups in total. The molecule has 2 rings (SSSR count). The van der Waals surface area contributed by atoms with Crippen LogP contribution in [0.5, 0.6) is 0 Å². The molecule has 3 heteroatoms. The molecule has 2 aromatic rings. The Morgan fingerprint density at radius 1 is 1.25 bits per heavy atom. The summed E-state index contributed by atoms with van der Waals surface area (Å²) in [6.07, 6.45) is 1.77. The van der Waals surface area contributed by atoms with Gasteiger partial charge in [0.25, 0.3) is 0 Å². The summed E-state index contributed by atoms with van der Waals surface area (Å²) in [5.41, 5.74) is 1.45. The first-order valence-electron chi connectivity index (χ1n) is 5.15. The Bertz CT molecular complexity index is 518. The summed E-state index contributed by atoms with van der Waals surface area (Å²) in [6, 6.07) is 12.2. The average Bonchev–Trinajstić information content (AvgIpc) is 2.80. The number of nitriles is 1. The minimum absolute atomic E-state index is 0.576. The van der Waals surface area contributed by atoms with E-state index in [1.54, 1.807) is 6.20 Å². The minimum atomic E-state index is -0.576. The maximum Gasteiger partial charge on any atom is 0.126 e. The summed E-state index contributed by atoms with van der Waals surface area (Å²) in [7, 11) is 0. The number of nitrogens with zero attached hydrogens (tertiary/aromatic N) is 2. The lowest BCUT2D eigenvalue weighted by molar-refractivity contribution is 0.640. The summed E-state index contributed by atoms with van der Waals surface area (Å²) >= 11 is 0. The number of imidazole rings is 1. The molecule has 0 radical (unpaired) electrons. The Hall–Kier alpha value is -2.08. The maximum atomic E-state index is 9.02. The molecule has 0 unspecified atom stereocenters. The van der Waals surface area contributed by atoms with Crippen LogP contribution in [0.1, 0.15) is 19.7 Å². The van der Waals surface area contributed by atoms with E-state index in [0.717, 1.165) is 11.3 Å². The zero-order chi connectivity index (χ0) is 11.6. The van der Waals surface area contributed by atoms with Crippen LogP contribution in [0.4, 0.5) is 0 Å². The van der Waals surface area contributed by atoms with Gasteiger partial charge in [0, 0.05) is 0 Å². The van der Waals surface area contributed by atoms with Gasteiger partial charge in [-0.2, -0.15) is 5.26 Å². The zero-order valence-corrected chi connectivity index (χ0v) is 9.36. The lowest BCUT2D eigenvalue weighted by Crippen LogP contribution is -2.15. The van der Waals surface area contributed by atoms with E-state index >= 15 is 0 Å². The first-order valence-corrected chi connectivity index (χ1v) is 5.15. The predicted molar refractivity (Wildman–Crippen MR) is 62.7 cm³/mol. The van der Waals surface area contributed by atoms with E-state index in [0.29, 0.717) is 5.82 Å². The van der Waals surface area contributed by atoms with E-state index in [-0.39, 0.29) is 0 Å². The Morgan fingerprint density at radius 3 is 2.56 bits per heavy atom. The van der Waals surface area contributed by atoms with Crippen molar-refractivity contribution in [3.63, 3.8) is 0 Å². The normalized spacial score (nSPS) is 11.1. The van der Waals surface area contributed by atoms with Gasteiger partial charge in [-0.25, -0.2) is 4.98 Å². The van der Waals surface area contributed by atoms with Crippen molar-refractivity contribution in [2.75, 3.05) is 0 Å². The van der Waals surface area contributed by atoms with Crippen molar-refractivity contribution >= 4 is 0 Å². The summed E-state index contributed by atoms with van der Waals surface area (Å²) in [5, 5.41) is 9.02. The number of hydrogen-bond donors (Lipinski definition) is 1. The van der Waals surface area contributed by atoms with Gasteiger partial charge in [-0.05, 0) is 19.4 Å². The van der Waals surface area contributed by atoms with Crippen LogP contribution in [0.2, 0.25) is 0 Å². The molecule has 0 aliphatic carbocycles. The van der Waals surface area contributed by atoms with Crippen LogP contribution in [0.3, 0.4) is 0 Å². The third-order valence-corrected chi connectivity index (χ3v) is 2.53. The second-order valence-electron chi connectivity index (χ2n) is 4.25. The molecule has 3 nitrogen and oxygen atoms in total. The molecule has 80 valence electrons. The SMILES string of the molecule is CC(C)(C#N)c1ncc(-c2ccccc2)[nH]1. The van der Waals surface area contributed by atoms with Gasteiger partial charge in [0.15, 0.2) is 0 Å². The van der Waals surface area contributed by atoms with Crippen molar-refractivity contribution in [3.8, 4) is 17.3 Å². The first-order chi connectivity index (χ1) is 7.63. The molecule has 16 heavy (non-hydrogen) atoms. The van der Waals surface area contributed by atoms with Gasteiger partial charge >= 0.3 is 0 Å². The van der Waals surface area contributed by atoms with E-state index in [2.05, 4.69) is 16.0 Å². The van der Waals surface area contributed by atoms with Gasteiger partial charge in [-0.1, -0.05) is 30.3 Å². The molecule has 0 atom stereocenters. The number of aromatic amines is 1. The lowest BCUT2D eigenvalue weighted by Gasteiger charge is -2.10. The predicted octanol–water partition coefficient (Wildman–Crippen LogP) is 2.88. The van der Waals surface area contributed by atoms with Gasteiger partial charge in [0.2, 0.25) is 0 Å². The fourth-order valence-corrected chi connectivity index (χ4v) is 1.46. The van der Waals surface area contributed by atoms with Crippen LogP contribution < -0.4 is 0 Å². The molecule has 0 fully saturated rings. The molecule has 1 aromatic heterocycles. The summed E-state index contributed by atoms with van der Waals surface area (Å²) in [6.45, 7) is 3.70. The zero-order valence-electron chi connectivity index (χ0n) is 9.36. The van der Waals surface area contributed by atoms with Crippen LogP contribution in [-0.2, 0) is 5.41 Å². The van der Waals surface area contributed by atoms with E-state index < -0.39 is 5.41 Å². The Morgan fingerprint density at radius 2 is 1.94 bits per heavy atom. The van der Waals surface area contributed by atoms with Gasteiger partial charge in [0.05, 0.1) is 18.0 Å². The second-order valence-corrected chi connectivity index (χ2v) is 4.25. The summed E-state index contributed by atoms with van der Waals surface area (Å²) < 4.78 is 0. The van der Waals surface area contributed by atoms with Gasteiger partial charge in [-0.15, -0.1) is 0 Å². The van der Waals surface area contributed by atoms with Crippen LogP contribution in [0, 0.1) is 11.3 Å². The molecule has 0 amide bonds. The third kappa shape index (κ3) is 1.82. The Kier molecular flexibility index (Phi) is 2.49. The van der Waals surface area contributed by atoms with Crippen LogP contribution in [0.15, 0.2) is 36.5 Å². The highest BCUT2D eigenvalue weighted by molar-refractivity contribution is 5.58. The minimum Gasteiger partial charge on any atom is -0.341 e. The highest BCUT2D eigenvalue weighted by Crippen LogP contribution is 2.23. The molecule has 0 aliphatic rings. The van der Waals surface area contributed by atoms with Crippen molar-refractivity contribution in [1.82, 2.24) is 9.97 Å². The van der Waals surface area contributed by atoms with Crippen molar-refractivity contribution in [2.24, 2.45) is 0 Å². The molecule has 0 bridgehead atoms. The van der Waals surface area contributed by atoms with Crippen LogP contribution in [-0.4, -0.2) is 9.97 Å². The van der Waals surface area contributed by atoms with Crippen molar-refractivity contribution in [2.45, 2.75) is 19.3 Å². The molecular formula is C13H13N3. The standard InChI is InChI=1S/C13H13N3/c1-13(2,9-14)12-15-8-11(16-12)10-6-4-3-5-7-10/h3-8H,1-2H3,(H,15,16). The highest BCUT2D eigenvalue weighted by atomic mass is 14.9. The van der Waals surface area contributed by atoms with Crippen LogP contribution in [0.25, 0.3) is 11.3 Å². The van der Waals surface area contributed by atoms with Crippen molar-refractivity contribution in [3.05, 3.63) is 42.4 Å². The average molecular weight is 211 g/mol. The maximum absolute atomic E-state index is 9.02. The Labute approximate surface area is 94.8 Å². The largest absolute Gasteiger partial charge is 0.341 e. The third-order valence-electron chi connectivity index (χ3n) is 2.53. The van der Waals surface area contributed by atoms with Gasteiger partial charge < -0.3 is 4.98 Å². The van der Waals surface area contributed by atoms with Crippen LogP contribution >= 0.6 is 0 Å². The second kappa shape index (κ2) is 3.82. The van der Waals surface area contributed by atoms with E-state index in [4.69, 9.17) is 5.26 Å². The molecule has 1 aromatic carbocycles. The van der Waals surface area contributed by atoms with Crippen molar-refractivity contribution in [1.29, 1.82) is 5.26 Å². The monoisotopic (exact) mass is 211 g/mol. The number of hydrogen-bond acceptors (Lipinski definition) is 2. The molecule has 0 saturated carbocycles. The number of rotatable bonds is 2. The number of aromatic nitrogens is 2. The fourth-order valence-electron chi connectivity index (χ4n) is 1.46. The molecule has 0 saturated heterocycles. The smallest absolute Gasteiger partial charge is 0.126 e. The number of benzene rings is 1. The summed E-state index contributed by atoms with van der Waals surface area (Å²) in [4.78, 5) is 7.44.